The van der Waals surface area contributed by atoms with E-state index in [2.05, 4.69) is 0 Å². The molecule has 1 atom stereocenters. The van der Waals surface area contributed by atoms with Crippen LogP contribution in [0.5, 0.6) is 0 Å². The van der Waals surface area contributed by atoms with E-state index in [1.165, 1.54) is 4.90 Å². The van der Waals surface area contributed by atoms with Crippen LogP contribution in [0.4, 0.5) is 13.2 Å². The zero-order valence-electron chi connectivity index (χ0n) is 8.55. The van der Waals surface area contributed by atoms with E-state index in [-0.39, 0.29) is 6.04 Å². The van der Waals surface area contributed by atoms with Crippen molar-refractivity contribution in [3.05, 3.63) is 0 Å². The molecule has 88 valence electrons. The molecule has 15 heavy (non-hydrogen) atoms. The predicted octanol–water partition coefficient (Wildman–Crippen LogP) is 1.13. The van der Waals surface area contributed by atoms with Crippen LogP contribution in [0.15, 0.2) is 0 Å². The maximum absolute atomic E-state index is 12.3. The highest BCUT2D eigenvalue weighted by atomic mass is 19.4. The lowest BCUT2D eigenvalue weighted by Gasteiger charge is -2.32. The topological polar surface area (TPSA) is 46.3 Å². The van der Waals surface area contributed by atoms with Crippen molar-refractivity contribution in [2.75, 3.05) is 13.1 Å². The number of amides is 1. The molecule has 1 aliphatic rings. The summed E-state index contributed by atoms with van der Waals surface area (Å²) < 4.78 is 36.8. The standard InChI is InChI=1S/C9H15F3N2O/c1-6(9(10,11)12)8(15)14-4-2-7(13)3-5-14/h6-7H,2-5,13H2,1H3. The number of rotatable bonds is 1. The van der Waals surface area contributed by atoms with E-state index in [4.69, 9.17) is 5.73 Å². The fraction of sp³-hybridized carbons (Fsp3) is 0.889. The third kappa shape index (κ3) is 3.09. The van der Waals surface area contributed by atoms with Gasteiger partial charge in [0.05, 0.1) is 0 Å². The summed E-state index contributed by atoms with van der Waals surface area (Å²) in [6.07, 6.45) is -3.29. The molecule has 1 unspecified atom stereocenters. The molecule has 1 amide bonds. The average molecular weight is 224 g/mol. The molecular formula is C9H15F3N2O. The molecule has 0 bridgehead atoms. The number of hydrogen-bond donors (Lipinski definition) is 1. The molecule has 0 saturated carbocycles. The Hall–Kier alpha value is -0.780. The number of alkyl halides is 3. The van der Waals surface area contributed by atoms with Crippen molar-refractivity contribution in [3.8, 4) is 0 Å². The van der Waals surface area contributed by atoms with Gasteiger partial charge in [-0.25, -0.2) is 0 Å². The third-order valence-corrected chi connectivity index (χ3v) is 2.71. The van der Waals surface area contributed by atoms with Crippen molar-refractivity contribution in [1.29, 1.82) is 0 Å². The molecule has 1 saturated heterocycles. The number of carbonyl (C=O) groups excluding carboxylic acids is 1. The van der Waals surface area contributed by atoms with Crippen LogP contribution in [0.25, 0.3) is 0 Å². The Morgan fingerprint density at radius 1 is 1.40 bits per heavy atom. The van der Waals surface area contributed by atoms with Gasteiger partial charge in [0.15, 0.2) is 0 Å². The Bertz CT molecular complexity index is 234. The van der Waals surface area contributed by atoms with Crippen LogP contribution in [-0.2, 0) is 4.79 Å². The van der Waals surface area contributed by atoms with Gasteiger partial charge in [-0.1, -0.05) is 0 Å². The zero-order valence-corrected chi connectivity index (χ0v) is 8.55. The quantitative estimate of drug-likeness (QED) is 0.725. The lowest BCUT2D eigenvalue weighted by molar-refractivity contribution is -0.186. The van der Waals surface area contributed by atoms with Gasteiger partial charge in [0, 0.05) is 19.1 Å². The molecular weight excluding hydrogens is 209 g/mol. The molecule has 0 spiro atoms. The van der Waals surface area contributed by atoms with E-state index in [0.29, 0.717) is 25.9 Å². The Morgan fingerprint density at radius 3 is 2.27 bits per heavy atom. The molecule has 0 aromatic rings. The van der Waals surface area contributed by atoms with Crippen molar-refractivity contribution in [2.45, 2.75) is 32.0 Å². The number of nitrogens with zero attached hydrogens (tertiary/aromatic N) is 1. The number of likely N-dealkylation sites (tertiary alicyclic amines) is 1. The molecule has 1 heterocycles. The predicted molar refractivity (Wildman–Crippen MR) is 49.0 cm³/mol. The second kappa shape index (κ2) is 4.38. The van der Waals surface area contributed by atoms with E-state index in [0.717, 1.165) is 6.92 Å². The second-order valence-corrected chi connectivity index (χ2v) is 3.93. The summed E-state index contributed by atoms with van der Waals surface area (Å²) in [5, 5.41) is 0. The molecule has 0 aromatic carbocycles. The first-order valence-corrected chi connectivity index (χ1v) is 4.93. The van der Waals surface area contributed by atoms with Crippen LogP contribution in [0.3, 0.4) is 0 Å². The highest BCUT2D eigenvalue weighted by Crippen LogP contribution is 2.28. The van der Waals surface area contributed by atoms with Crippen LogP contribution in [0, 0.1) is 5.92 Å². The largest absolute Gasteiger partial charge is 0.400 e. The number of halogens is 3. The Balaban J connectivity index is 2.54. The fourth-order valence-corrected chi connectivity index (χ4v) is 1.53. The first kappa shape index (κ1) is 12.3. The van der Waals surface area contributed by atoms with Crippen LogP contribution >= 0.6 is 0 Å². The number of piperidine rings is 1. The normalized spacial score (nSPS) is 21.5. The molecule has 6 heteroatoms. The summed E-state index contributed by atoms with van der Waals surface area (Å²) >= 11 is 0. The molecule has 1 fully saturated rings. The summed E-state index contributed by atoms with van der Waals surface area (Å²) in [6, 6.07) is 0.00948. The summed E-state index contributed by atoms with van der Waals surface area (Å²) in [6.45, 7) is 1.57. The minimum Gasteiger partial charge on any atom is -0.342 e. The first-order valence-electron chi connectivity index (χ1n) is 4.93. The molecule has 3 nitrogen and oxygen atoms in total. The van der Waals surface area contributed by atoms with Crippen molar-refractivity contribution >= 4 is 5.91 Å². The van der Waals surface area contributed by atoms with Crippen LogP contribution in [0.1, 0.15) is 19.8 Å². The van der Waals surface area contributed by atoms with Crippen molar-refractivity contribution in [1.82, 2.24) is 4.90 Å². The Labute approximate surface area is 86.4 Å². The van der Waals surface area contributed by atoms with Crippen LogP contribution in [0.2, 0.25) is 0 Å². The van der Waals surface area contributed by atoms with E-state index in [1.54, 1.807) is 0 Å². The summed E-state index contributed by atoms with van der Waals surface area (Å²) in [4.78, 5) is 12.7. The lowest BCUT2D eigenvalue weighted by Crippen LogP contribution is -2.47. The van der Waals surface area contributed by atoms with Gasteiger partial charge < -0.3 is 10.6 Å². The number of nitrogens with two attached hydrogens (primary N) is 1. The fourth-order valence-electron chi connectivity index (χ4n) is 1.53. The van der Waals surface area contributed by atoms with Gasteiger partial charge in [-0.05, 0) is 19.8 Å². The van der Waals surface area contributed by atoms with Gasteiger partial charge in [-0.3, -0.25) is 4.79 Å². The molecule has 0 aliphatic carbocycles. The molecule has 1 rings (SSSR count). The minimum atomic E-state index is -4.45. The summed E-state index contributed by atoms with van der Waals surface area (Å²) in [7, 11) is 0. The van der Waals surface area contributed by atoms with Crippen molar-refractivity contribution < 1.29 is 18.0 Å². The molecule has 0 radical (unpaired) electrons. The van der Waals surface area contributed by atoms with E-state index >= 15 is 0 Å². The van der Waals surface area contributed by atoms with Crippen LogP contribution < -0.4 is 5.73 Å². The van der Waals surface area contributed by atoms with Gasteiger partial charge in [0.1, 0.15) is 5.92 Å². The van der Waals surface area contributed by atoms with Crippen LogP contribution in [-0.4, -0.2) is 36.1 Å². The maximum Gasteiger partial charge on any atom is 0.400 e. The highest BCUT2D eigenvalue weighted by Gasteiger charge is 2.43. The summed E-state index contributed by atoms with van der Waals surface area (Å²) in [5.74, 6) is -2.75. The minimum absolute atomic E-state index is 0.00948. The monoisotopic (exact) mass is 224 g/mol. The van der Waals surface area contributed by atoms with Crippen molar-refractivity contribution in [2.24, 2.45) is 11.7 Å². The molecule has 2 N–H and O–H groups in total. The van der Waals surface area contributed by atoms with Gasteiger partial charge in [-0.2, -0.15) is 13.2 Å². The zero-order chi connectivity index (χ0) is 11.6. The average Bonchev–Trinajstić information content (AvgIpc) is 2.15. The maximum atomic E-state index is 12.3. The van der Waals surface area contributed by atoms with Gasteiger partial charge in [0.25, 0.3) is 0 Å². The van der Waals surface area contributed by atoms with E-state index in [1.807, 2.05) is 0 Å². The van der Waals surface area contributed by atoms with E-state index < -0.39 is 18.0 Å². The lowest BCUT2D eigenvalue weighted by atomic mass is 10.0. The van der Waals surface area contributed by atoms with Gasteiger partial charge in [-0.15, -0.1) is 0 Å². The molecule has 1 aliphatic heterocycles. The van der Waals surface area contributed by atoms with Crippen molar-refractivity contribution in [3.63, 3.8) is 0 Å². The number of carbonyl (C=O) groups is 1. The highest BCUT2D eigenvalue weighted by molar-refractivity contribution is 5.79. The molecule has 0 aromatic heterocycles. The van der Waals surface area contributed by atoms with Gasteiger partial charge in [0.2, 0.25) is 5.91 Å². The van der Waals surface area contributed by atoms with Gasteiger partial charge >= 0.3 is 6.18 Å². The Morgan fingerprint density at radius 2 is 1.87 bits per heavy atom. The number of hydrogen-bond acceptors (Lipinski definition) is 2. The Kier molecular flexibility index (Phi) is 3.59. The summed E-state index contributed by atoms with van der Waals surface area (Å²) in [5.41, 5.74) is 5.60. The second-order valence-electron chi connectivity index (χ2n) is 3.93. The van der Waals surface area contributed by atoms with E-state index in [9.17, 15) is 18.0 Å². The SMILES string of the molecule is CC(C(=O)N1CCC(N)CC1)C(F)(F)F. The third-order valence-electron chi connectivity index (χ3n) is 2.71. The smallest absolute Gasteiger partial charge is 0.342 e. The first-order chi connectivity index (χ1) is 6.82.